The Morgan fingerprint density at radius 1 is 0.330 bits per heavy atom. The Balaban J connectivity index is 0.717. The predicted molar refractivity (Wildman–Crippen MR) is 417 cm³/mol. The van der Waals surface area contributed by atoms with Crippen LogP contribution in [0, 0.1) is 10.8 Å². The summed E-state index contributed by atoms with van der Waals surface area (Å²) < 4.78 is 39.9. The van der Waals surface area contributed by atoms with Gasteiger partial charge in [0.1, 0.15) is 34.5 Å². The third kappa shape index (κ3) is 9.35. The topological polar surface area (TPSA) is 55.4 Å². The highest BCUT2D eigenvalue weighted by Gasteiger charge is 2.55. The van der Waals surface area contributed by atoms with Crippen LogP contribution >= 0.6 is 18.1 Å². The van der Waals surface area contributed by atoms with Gasteiger partial charge in [0.2, 0.25) is 0 Å². The maximum atomic E-state index is 8.05. The van der Waals surface area contributed by atoms with Crippen molar-refractivity contribution >= 4 is 51.8 Å². The van der Waals surface area contributed by atoms with E-state index in [1.165, 1.54) is 166 Å². The molecule has 4 fully saturated rings. The minimum Gasteiger partial charge on any atom is -0.497 e. The molecule has 6 aliphatic carbocycles. The van der Waals surface area contributed by atoms with E-state index in [0.717, 1.165) is 93.2 Å². The van der Waals surface area contributed by atoms with Crippen molar-refractivity contribution in [1.82, 2.24) is 0 Å². The maximum Gasteiger partial charge on any atom is 0.178 e. The second kappa shape index (κ2) is 23.6. The molecule has 100 heavy (non-hydrogen) atoms. The van der Waals surface area contributed by atoms with Crippen LogP contribution < -0.4 is 28.4 Å². The number of rotatable bonds is 11. The lowest BCUT2D eigenvalue weighted by atomic mass is 9.56. The molecule has 0 aromatic heterocycles. The summed E-state index contributed by atoms with van der Waals surface area (Å²) >= 11 is 0. The summed E-state index contributed by atoms with van der Waals surface area (Å²) in [5.41, 5.74) is 16.8. The Labute approximate surface area is 594 Å². The summed E-state index contributed by atoms with van der Waals surface area (Å²) in [6.45, 7) is 0. The number of hydrogen-bond acceptors (Lipinski definition) is 6. The van der Waals surface area contributed by atoms with Crippen LogP contribution in [0.5, 0.6) is 34.5 Å². The van der Waals surface area contributed by atoms with Gasteiger partial charge in [-0.2, -0.15) is 18.1 Å². The SMILES string of the molecule is COc1ccc(C2(c3ccc(S(C)(C)S(C)(C)c4ccc(C5(c6ccc(OC)cc6)C=Cc6c7c(c8ccc(OC)cc8c6O5)-c5ccccc5C75CCC6(CCCCC6)CC5)cc4)cc3)C=Cc3c4c(c5ccc(OC)cc5c3O2)-c2ccccc2C42CCC3(CCCCC3)CC2)cc1. The lowest BCUT2D eigenvalue weighted by Gasteiger charge is -2.52. The second-order valence-electron chi connectivity index (χ2n) is 31.5. The van der Waals surface area contributed by atoms with Crippen LogP contribution in [0.25, 0.3) is 56.0 Å². The molecule has 2 heterocycles. The lowest BCUT2D eigenvalue weighted by Crippen LogP contribution is -2.39. The maximum absolute atomic E-state index is 8.05. The second-order valence-corrected chi connectivity index (χ2v) is 42.4. The number of hydrogen-bond donors (Lipinski definition) is 0. The van der Waals surface area contributed by atoms with E-state index in [1.54, 1.807) is 28.4 Å². The highest BCUT2D eigenvalue weighted by atomic mass is 33.2. The van der Waals surface area contributed by atoms with Gasteiger partial charge in [0.15, 0.2) is 11.2 Å². The largest absolute Gasteiger partial charge is 0.497 e. The van der Waals surface area contributed by atoms with E-state index < -0.39 is 29.3 Å². The van der Waals surface area contributed by atoms with Crippen molar-refractivity contribution in [3.8, 4) is 56.8 Å². The third-order valence-electron chi connectivity index (χ3n) is 26.8. The van der Waals surface area contributed by atoms with E-state index in [2.05, 4.69) is 231 Å². The zero-order chi connectivity index (χ0) is 68.0. The van der Waals surface area contributed by atoms with Gasteiger partial charge in [0.25, 0.3) is 0 Å². The normalized spacial score (nSPS) is 21.9. The van der Waals surface area contributed by atoms with E-state index in [0.29, 0.717) is 10.8 Å². The average molecular weight is 1360 g/mol. The molecule has 10 aromatic carbocycles. The summed E-state index contributed by atoms with van der Waals surface area (Å²) in [5, 5.41) is 4.60. The highest BCUT2D eigenvalue weighted by Crippen LogP contribution is 2.82. The van der Waals surface area contributed by atoms with Crippen LogP contribution in [0.4, 0.5) is 0 Å². The van der Waals surface area contributed by atoms with Gasteiger partial charge in [0, 0.05) is 55.0 Å². The zero-order valence-electron chi connectivity index (χ0n) is 59.6. The van der Waals surface area contributed by atoms with Gasteiger partial charge in [-0.3, -0.25) is 0 Å². The molecule has 4 spiro atoms. The first-order valence-corrected chi connectivity index (χ1v) is 42.4. The van der Waals surface area contributed by atoms with Gasteiger partial charge >= 0.3 is 0 Å². The van der Waals surface area contributed by atoms with Crippen LogP contribution in [0.3, 0.4) is 0 Å². The standard InChI is InChI=1S/C92H94O6S2/c1-93-65-31-23-61(24-32-65)91(49-43-75-83-81(71-41-35-67(95-3)59-77(71)85(75)97-91)73-19-11-13-21-79(73)89(83)55-51-87(52-56-89)45-15-9-16-46-87)63-27-37-69(38-28-63)99(5,6)100(7,8)70-39-29-64(30-40-70)92(62-25-33-66(94-2)34-26-62)50-44-76-84-82(72-42-36-68(96-4)60-78(72)86(76)98-92)74-20-12-14-22-80(74)90(84)57-53-88(54-58-90)47-17-10-18-48-88/h11-14,19-44,49-50,59-60H,9-10,15-18,45-48,51-58H2,1-8H3. The molecule has 2 unspecified atom stereocenters. The van der Waals surface area contributed by atoms with Gasteiger partial charge in [-0.25, -0.2) is 0 Å². The van der Waals surface area contributed by atoms with Gasteiger partial charge in [-0.05, 0) is 275 Å². The van der Waals surface area contributed by atoms with E-state index in [9.17, 15) is 0 Å². The summed E-state index contributed by atoms with van der Waals surface area (Å²) in [4.78, 5) is 2.72. The first kappa shape index (κ1) is 63.8. The van der Waals surface area contributed by atoms with Crippen LogP contribution in [0.1, 0.15) is 171 Å². The first-order chi connectivity index (χ1) is 48.7. The lowest BCUT2D eigenvalue weighted by molar-refractivity contribution is 0.0947. The number of ether oxygens (including phenoxy) is 6. The molecule has 8 aliphatic rings. The average Bonchev–Trinajstić information content (AvgIpc) is 1.49. The van der Waals surface area contributed by atoms with Gasteiger partial charge < -0.3 is 28.4 Å². The number of fused-ring (bicyclic) bond motifs is 20. The minimum absolute atomic E-state index is 0.105. The highest BCUT2D eigenvalue weighted by molar-refractivity contribution is 9.07. The number of benzene rings is 10. The zero-order valence-corrected chi connectivity index (χ0v) is 61.3. The molecule has 8 heteroatoms. The number of methoxy groups -OCH3 is 4. The van der Waals surface area contributed by atoms with Crippen molar-refractivity contribution in [2.45, 2.75) is 147 Å². The fourth-order valence-corrected chi connectivity index (χ4v) is 26.9. The molecule has 510 valence electrons. The smallest absolute Gasteiger partial charge is 0.178 e. The van der Waals surface area contributed by atoms with Crippen molar-refractivity contribution in [1.29, 1.82) is 0 Å². The van der Waals surface area contributed by atoms with Crippen molar-refractivity contribution < 1.29 is 28.4 Å². The molecule has 10 aromatic rings. The van der Waals surface area contributed by atoms with E-state index in [1.807, 2.05) is 0 Å². The molecule has 18 rings (SSSR count). The van der Waals surface area contributed by atoms with Crippen molar-refractivity contribution in [3.63, 3.8) is 0 Å². The predicted octanol–water partition coefficient (Wildman–Crippen LogP) is 23.8. The summed E-state index contributed by atoms with van der Waals surface area (Å²) in [5.74, 6) is 5.11. The molecule has 4 saturated carbocycles. The molecule has 2 aliphatic heterocycles. The van der Waals surface area contributed by atoms with Crippen molar-refractivity contribution in [2.75, 3.05) is 53.5 Å². The minimum atomic E-state index is -1.49. The Hall–Kier alpha value is -8.30. The molecule has 6 nitrogen and oxygen atoms in total. The molecule has 0 radical (unpaired) electrons. The monoisotopic (exact) mass is 1360 g/mol. The van der Waals surface area contributed by atoms with E-state index in [-0.39, 0.29) is 10.8 Å². The van der Waals surface area contributed by atoms with E-state index in [4.69, 9.17) is 28.4 Å². The molecular formula is C92H94O6S2. The third-order valence-corrected chi connectivity index (χ3v) is 39.1. The van der Waals surface area contributed by atoms with Gasteiger partial charge in [0.05, 0.1) is 28.4 Å². The molecule has 2 atom stereocenters. The quantitative estimate of drug-likeness (QED) is 0.120. The van der Waals surface area contributed by atoms with Crippen molar-refractivity contribution in [2.24, 2.45) is 10.8 Å². The van der Waals surface area contributed by atoms with E-state index >= 15 is 0 Å². The Morgan fingerprint density at radius 2 is 0.660 bits per heavy atom. The Kier molecular flexibility index (Phi) is 15.1. The fraction of sp³-hybridized carbons (Fsp3) is 0.348. The Bertz CT molecular complexity index is 4640. The summed E-state index contributed by atoms with van der Waals surface area (Å²) in [6, 6.07) is 68.3. The van der Waals surface area contributed by atoms with Crippen LogP contribution in [-0.4, -0.2) is 53.5 Å². The molecule has 0 saturated heterocycles. The van der Waals surface area contributed by atoms with Crippen LogP contribution in [0.2, 0.25) is 0 Å². The summed E-state index contributed by atoms with van der Waals surface area (Å²) in [6.07, 6.45) is 43.2. The molecule has 0 bridgehead atoms. The van der Waals surface area contributed by atoms with Gasteiger partial charge in [-0.1, -0.05) is 148 Å². The first-order valence-electron chi connectivity index (χ1n) is 37.0. The summed E-state index contributed by atoms with van der Waals surface area (Å²) in [7, 11) is 4.06. The fourth-order valence-electron chi connectivity index (χ4n) is 20.8. The van der Waals surface area contributed by atoms with Crippen LogP contribution in [0.15, 0.2) is 204 Å². The van der Waals surface area contributed by atoms with Crippen molar-refractivity contribution in [3.05, 3.63) is 250 Å². The molecule has 0 amide bonds. The van der Waals surface area contributed by atoms with Crippen LogP contribution in [-0.2, 0) is 22.0 Å². The molecule has 0 N–H and O–H groups in total. The molecular weight excluding hydrogens is 1270 g/mol. The Morgan fingerprint density at radius 3 is 1.01 bits per heavy atom. The van der Waals surface area contributed by atoms with Gasteiger partial charge in [-0.15, -0.1) is 0 Å².